The van der Waals surface area contributed by atoms with Crippen molar-refractivity contribution in [3.05, 3.63) is 112 Å². The van der Waals surface area contributed by atoms with Crippen LogP contribution in [0.3, 0.4) is 0 Å². The Morgan fingerprint density at radius 1 is 0.488 bits per heavy atom. The van der Waals surface area contributed by atoms with Gasteiger partial charge < -0.3 is 0 Å². The predicted molar refractivity (Wildman–Crippen MR) is 192 cm³/mol. The summed E-state index contributed by atoms with van der Waals surface area (Å²) in [4.78, 5) is 4.61. The molecule has 236 valence electrons. The van der Waals surface area contributed by atoms with Crippen LogP contribution in [0.5, 0.6) is 0 Å². The van der Waals surface area contributed by atoms with Gasteiger partial charge in [-0.2, -0.15) is 0 Å². The quantitative estimate of drug-likeness (QED) is 0.0609. The number of hydrogen-bond acceptors (Lipinski definition) is 0. The summed E-state index contributed by atoms with van der Waals surface area (Å²) in [5.74, 6) is 0. The number of unbranched alkanes of at least 4 members (excludes halogenated alkanes) is 9. The van der Waals surface area contributed by atoms with Crippen molar-refractivity contribution >= 4 is 23.6 Å². The molecule has 1 aliphatic rings. The van der Waals surface area contributed by atoms with Crippen LogP contribution in [-0.4, -0.2) is 8.07 Å². The maximum absolute atomic E-state index is 2.65. The second kappa shape index (κ2) is 18.1. The van der Waals surface area contributed by atoms with Gasteiger partial charge in [-0.15, -0.1) is 0 Å². The Morgan fingerprint density at radius 2 is 0.860 bits per heavy atom. The van der Waals surface area contributed by atoms with Crippen molar-refractivity contribution in [1.29, 1.82) is 0 Å². The van der Waals surface area contributed by atoms with Gasteiger partial charge in [-0.25, -0.2) is 0 Å². The summed E-state index contributed by atoms with van der Waals surface area (Å²) in [5, 5.41) is 6.41. The Hall–Kier alpha value is -1.95. The van der Waals surface area contributed by atoms with Gasteiger partial charge in [0.2, 0.25) is 0 Å². The molecule has 0 fully saturated rings. The van der Waals surface area contributed by atoms with Crippen LogP contribution >= 0.6 is 0 Å². The average Bonchev–Trinajstić information content (AvgIpc) is 3.56. The van der Waals surface area contributed by atoms with Crippen LogP contribution in [0.4, 0.5) is 0 Å². The van der Waals surface area contributed by atoms with Crippen LogP contribution < -0.4 is 15.6 Å². The van der Waals surface area contributed by atoms with Gasteiger partial charge in [0.25, 0.3) is 0 Å². The van der Waals surface area contributed by atoms with E-state index < -0.39 is 24.1 Å². The molecule has 0 saturated heterocycles. The van der Waals surface area contributed by atoms with Crippen molar-refractivity contribution in [2.75, 3.05) is 0 Å². The molecule has 0 aliphatic heterocycles. The van der Waals surface area contributed by atoms with Crippen LogP contribution in [-0.2, 0) is 16.1 Å². The normalized spacial score (nSPS) is 14.0. The van der Waals surface area contributed by atoms with Gasteiger partial charge in [-0.3, -0.25) is 0 Å². The Balaban J connectivity index is 1.97. The summed E-state index contributed by atoms with van der Waals surface area (Å²) >= 11 is -2.34. The minimum absolute atomic E-state index is 1.21. The van der Waals surface area contributed by atoms with Gasteiger partial charge in [-0.05, 0) is 0 Å². The second-order valence-corrected chi connectivity index (χ2v) is 26.6. The van der Waals surface area contributed by atoms with Crippen LogP contribution in [0.2, 0.25) is 14.4 Å². The van der Waals surface area contributed by atoms with Crippen LogP contribution in [0.1, 0.15) is 104 Å². The molecule has 4 rings (SSSR count). The first-order chi connectivity index (χ1) is 21.2. The van der Waals surface area contributed by atoms with E-state index in [0.717, 1.165) is 0 Å². The summed E-state index contributed by atoms with van der Waals surface area (Å²) in [7, 11) is -2.49. The van der Waals surface area contributed by atoms with Crippen molar-refractivity contribution in [3.8, 4) is 0 Å². The van der Waals surface area contributed by atoms with E-state index in [9.17, 15) is 0 Å². The van der Waals surface area contributed by atoms with Crippen molar-refractivity contribution in [1.82, 2.24) is 0 Å². The zero-order chi connectivity index (χ0) is 30.2. The first kappa shape index (κ1) is 33.9. The summed E-state index contributed by atoms with van der Waals surface area (Å²) in [5.41, 5.74) is 0. The van der Waals surface area contributed by atoms with Gasteiger partial charge in [0.05, 0.1) is 0 Å². The number of hydrogen-bond donors (Lipinski definition) is 0. The molecule has 0 atom stereocenters. The SMILES string of the molecule is CCCCC[CH2][Pt]([CH2]CCCCC)([CH2]CCCCC)[C]1=C([Si](c2ccccc2)(c2ccccc2)c2ccccc2)C=CC1. The molecule has 0 nitrogen and oxygen atoms in total. The zero-order valence-electron chi connectivity index (χ0n) is 27.4. The molecule has 0 spiro atoms. The van der Waals surface area contributed by atoms with E-state index in [1.807, 2.05) is 3.96 Å². The van der Waals surface area contributed by atoms with Crippen molar-refractivity contribution < 1.29 is 16.1 Å². The number of allylic oxidation sites excluding steroid dienone is 4. The molecule has 43 heavy (non-hydrogen) atoms. The van der Waals surface area contributed by atoms with E-state index in [-0.39, 0.29) is 0 Å². The Morgan fingerprint density at radius 3 is 1.21 bits per heavy atom. The van der Waals surface area contributed by atoms with E-state index in [1.165, 1.54) is 97.9 Å². The number of rotatable bonds is 20. The van der Waals surface area contributed by atoms with E-state index in [2.05, 4.69) is 124 Å². The molecule has 0 bridgehead atoms. The third-order valence-corrected chi connectivity index (χ3v) is 27.4. The van der Waals surface area contributed by atoms with Gasteiger partial charge in [-0.1, -0.05) is 0 Å². The molecule has 3 aromatic rings. The van der Waals surface area contributed by atoms with Crippen molar-refractivity contribution in [3.63, 3.8) is 0 Å². The maximum atomic E-state index is 2.65. The van der Waals surface area contributed by atoms with E-state index in [1.54, 1.807) is 20.8 Å². The Labute approximate surface area is 269 Å². The fourth-order valence-corrected chi connectivity index (χ4v) is 27.1. The third-order valence-electron chi connectivity index (χ3n) is 9.08. The van der Waals surface area contributed by atoms with Gasteiger partial charge >= 0.3 is 271 Å². The summed E-state index contributed by atoms with van der Waals surface area (Å²) in [6, 6.07) is 35.1. The first-order valence-corrected chi connectivity index (χ1v) is 25.3. The topological polar surface area (TPSA) is 0 Å². The molecule has 0 unspecified atom stereocenters. The molecular formula is C41H58PtSi. The molecule has 3 aromatic carbocycles. The van der Waals surface area contributed by atoms with Crippen LogP contribution in [0.25, 0.3) is 0 Å². The molecule has 0 aromatic heterocycles. The standard InChI is InChI=1S/C23H19Si.3C6H13.Pt/c1-4-12-20(13-5-1)24(23-18-10-11-19-23,21-14-6-2-7-15-21)22-16-8-3-9-17-22;3*1-3-5-6-4-2;/h1-10,12-18H,11H2;3*1,3-6H2,2H3;. The third kappa shape index (κ3) is 8.40. The summed E-state index contributed by atoms with van der Waals surface area (Å²) in [6.07, 6.45) is 23.2. The summed E-state index contributed by atoms with van der Waals surface area (Å²) in [6.45, 7) is 7.10. The van der Waals surface area contributed by atoms with Crippen molar-refractivity contribution in [2.24, 2.45) is 0 Å². The van der Waals surface area contributed by atoms with E-state index >= 15 is 0 Å². The van der Waals surface area contributed by atoms with E-state index in [0.29, 0.717) is 0 Å². The average molecular weight is 774 g/mol. The van der Waals surface area contributed by atoms with Crippen molar-refractivity contribution in [2.45, 2.75) is 119 Å². The van der Waals surface area contributed by atoms with E-state index in [4.69, 9.17) is 0 Å². The molecule has 0 heterocycles. The molecule has 0 amide bonds. The van der Waals surface area contributed by atoms with Gasteiger partial charge in [0.1, 0.15) is 0 Å². The fraction of sp³-hybridized carbons (Fsp3) is 0.463. The molecule has 0 saturated carbocycles. The Bertz CT molecular complexity index is 1120. The first-order valence-electron chi connectivity index (χ1n) is 17.3. The number of benzene rings is 3. The minimum atomic E-state index is -2.49. The van der Waals surface area contributed by atoms with Gasteiger partial charge in [0, 0.05) is 0 Å². The molecule has 2 heteroatoms. The second-order valence-electron chi connectivity index (χ2n) is 12.2. The Kier molecular flexibility index (Phi) is 14.3. The molecule has 0 N–H and O–H groups in total. The van der Waals surface area contributed by atoms with Crippen LogP contribution in [0, 0.1) is 0 Å². The van der Waals surface area contributed by atoms with Crippen LogP contribution in [0.15, 0.2) is 112 Å². The van der Waals surface area contributed by atoms with Gasteiger partial charge in [0.15, 0.2) is 0 Å². The monoisotopic (exact) mass is 773 g/mol. The zero-order valence-corrected chi connectivity index (χ0v) is 30.7. The molecule has 0 radical (unpaired) electrons. The summed E-state index contributed by atoms with van der Waals surface area (Å²) < 4.78 is 1.99. The fourth-order valence-electron chi connectivity index (χ4n) is 6.82. The molecular weight excluding hydrogens is 716 g/mol. The molecule has 1 aliphatic carbocycles. The predicted octanol–water partition coefficient (Wildman–Crippen LogP) is 11.1.